The Labute approximate surface area is 134 Å². The predicted octanol–water partition coefficient (Wildman–Crippen LogP) is 1.70. The second-order valence-electron chi connectivity index (χ2n) is 5.45. The molecule has 0 saturated carbocycles. The van der Waals surface area contributed by atoms with Crippen molar-refractivity contribution in [3.05, 3.63) is 42.9 Å². The zero-order chi connectivity index (χ0) is 16.4. The third-order valence-electron chi connectivity index (χ3n) is 3.53. The van der Waals surface area contributed by atoms with Crippen molar-refractivity contribution in [1.82, 2.24) is 24.6 Å². The summed E-state index contributed by atoms with van der Waals surface area (Å²) in [5, 5.41) is 8.30. The molecule has 1 amide bonds. The lowest BCUT2D eigenvalue weighted by Crippen LogP contribution is -2.36. The Kier molecular flexibility index (Phi) is 3.92. The van der Waals surface area contributed by atoms with Gasteiger partial charge in [0.05, 0.1) is 17.3 Å². The molecule has 7 heteroatoms. The van der Waals surface area contributed by atoms with E-state index in [-0.39, 0.29) is 11.9 Å². The van der Waals surface area contributed by atoms with Crippen molar-refractivity contribution in [3.63, 3.8) is 0 Å². The monoisotopic (exact) mass is 310 g/mol. The van der Waals surface area contributed by atoms with E-state index >= 15 is 0 Å². The second-order valence-corrected chi connectivity index (χ2v) is 5.45. The van der Waals surface area contributed by atoms with Crippen LogP contribution in [0.15, 0.2) is 42.9 Å². The average molecular weight is 310 g/mol. The summed E-state index contributed by atoms with van der Waals surface area (Å²) in [5.74, 6) is 0.576. The van der Waals surface area contributed by atoms with E-state index in [1.54, 1.807) is 36.8 Å². The minimum atomic E-state index is -0.386. The van der Waals surface area contributed by atoms with Crippen molar-refractivity contribution in [1.29, 1.82) is 0 Å². The topological polar surface area (TPSA) is 75.9 Å². The summed E-state index contributed by atoms with van der Waals surface area (Å²) in [6.45, 7) is 1.80. The van der Waals surface area contributed by atoms with Gasteiger partial charge in [0.1, 0.15) is 18.2 Å². The molecule has 1 N–H and O–H groups in total. The Morgan fingerprint density at radius 3 is 2.65 bits per heavy atom. The lowest BCUT2D eigenvalue weighted by molar-refractivity contribution is -0.129. The van der Waals surface area contributed by atoms with Gasteiger partial charge in [0, 0.05) is 14.1 Å². The van der Waals surface area contributed by atoms with Gasteiger partial charge in [-0.25, -0.2) is 14.6 Å². The molecule has 0 aliphatic heterocycles. The van der Waals surface area contributed by atoms with Gasteiger partial charge in [0.15, 0.2) is 5.65 Å². The molecule has 0 spiro atoms. The number of carbonyl (C=O) groups excluding carboxylic acids is 1. The Hall–Kier alpha value is -2.96. The Balaban J connectivity index is 1.98. The molecular formula is C16H18N6O. The van der Waals surface area contributed by atoms with Crippen LogP contribution in [0.3, 0.4) is 0 Å². The van der Waals surface area contributed by atoms with E-state index in [0.717, 1.165) is 11.1 Å². The number of aromatic nitrogens is 4. The highest BCUT2D eigenvalue weighted by Crippen LogP contribution is 2.22. The normalized spacial score (nSPS) is 12.1. The average Bonchev–Trinajstić information content (AvgIpc) is 3.00. The van der Waals surface area contributed by atoms with Gasteiger partial charge in [-0.2, -0.15) is 5.10 Å². The van der Waals surface area contributed by atoms with E-state index in [2.05, 4.69) is 20.4 Å². The van der Waals surface area contributed by atoms with E-state index in [1.807, 2.05) is 30.3 Å². The number of hydrogen-bond donors (Lipinski definition) is 1. The molecule has 0 fully saturated rings. The van der Waals surface area contributed by atoms with Crippen molar-refractivity contribution >= 4 is 22.8 Å². The van der Waals surface area contributed by atoms with Gasteiger partial charge >= 0.3 is 0 Å². The van der Waals surface area contributed by atoms with Crippen LogP contribution in [-0.2, 0) is 4.79 Å². The molecule has 3 aromatic rings. The number of amides is 1. The molecule has 3 rings (SSSR count). The molecule has 1 unspecified atom stereocenters. The van der Waals surface area contributed by atoms with E-state index in [0.29, 0.717) is 11.5 Å². The molecule has 0 bridgehead atoms. The van der Waals surface area contributed by atoms with Crippen molar-refractivity contribution in [2.75, 3.05) is 19.4 Å². The molecule has 0 saturated heterocycles. The number of carbonyl (C=O) groups is 1. The molecule has 118 valence electrons. The van der Waals surface area contributed by atoms with Crippen LogP contribution >= 0.6 is 0 Å². The molecule has 23 heavy (non-hydrogen) atoms. The third-order valence-corrected chi connectivity index (χ3v) is 3.53. The molecule has 0 aliphatic carbocycles. The Morgan fingerprint density at radius 2 is 1.96 bits per heavy atom. The fraction of sp³-hybridized carbons (Fsp3) is 0.250. The molecular weight excluding hydrogens is 292 g/mol. The van der Waals surface area contributed by atoms with E-state index < -0.39 is 0 Å². The summed E-state index contributed by atoms with van der Waals surface area (Å²) < 4.78 is 1.75. The first-order valence-electron chi connectivity index (χ1n) is 7.30. The number of anilines is 1. The standard InChI is InChI=1S/C16H18N6O/c1-11(16(23)21(2)3)20-14-13-9-19-22(15(13)18-10-17-14)12-7-5-4-6-8-12/h4-11H,1-3H3,(H,17,18,20). The maximum absolute atomic E-state index is 12.0. The Morgan fingerprint density at radius 1 is 1.22 bits per heavy atom. The van der Waals surface area contributed by atoms with Crippen molar-refractivity contribution in [2.45, 2.75) is 13.0 Å². The van der Waals surface area contributed by atoms with Crippen LogP contribution in [0.4, 0.5) is 5.82 Å². The number of rotatable bonds is 4. The van der Waals surface area contributed by atoms with Gasteiger partial charge in [-0.05, 0) is 19.1 Å². The maximum atomic E-state index is 12.0. The van der Waals surface area contributed by atoms with Crippen LogP contribution in [0.1, 0.15) is 6.92 Å². The highest BCUT2D eigenvalue weighted by molar-refractivity contribution is 5.90. The van der Waals surface area contributed by atoms with Crippen LogP contribution in [0.5, 0.6) is 0 Å². The maximum Gasteiger partial charge on any atom is 0.244 e. The highest BCUT2D eigenvalue weighted by atomic mass is 16.2. The van der Waals surface area contributed by atoms with Crippen molar-refractivity contribution in [2.24, 2.45) is 0 Å². The number of nitrogens with one attached hydrogen (secondary N) is 1. The number of hydrogen-bond acceptors (Lipinski definition) is 5. The van der Waals surface area contributed by atoms with E-state index in [4.69, 9.17) is 0 Å². The molecule has 2 heterocycles. The van der Waals surface area contributed by atoms with Gasteiger partial charge < -0.3 is 10.2 Å². The molecule has 1 atom stereocenters. The van der Waals surface area contributed by atoms with E-state index in [1.165, 1.54) is 6.33 Å². The molecule has 0 radical (unpaired) electrons. The van der Waals surface area contributed by atoms with Gasteiger partial charge in [-0.1, -0.05) is 18.2 Å². The fourth-order valence-electron chi connectivity index (χ4n) is 2.37. The van der Waals surface area contributed by atoms with Crippen LogP contribution in [0, 0.1) is 0 Å². The number of nitrogens with zero attached hydrogens (tertiary/aromatic N) is 5. The smallest absolute Gasteiger partial charge is 0.244 e. The van der Waals surface area contributed by atoms with Gasteiger partial charge in [-0.3, -0.25) is 4.79 Å². The second kappa shape index (κ2) is 6.04. The van der Waals surface area contributed by atoms with Crippen molar-refractivity contribution < 1.29 is 4.79 Å². The highest BCUT2D eigenvalue weighted by Gasteiger charge is 2.18. The zero-order valence-electron chi connectivity index (χ0n) is 13.3. The fourth-order valence-corrected chi connectivity index (χ4v) is 2.37. The summed E-state index contributed by atoms with van der Waals surface area (Å²) in [6, 6.07) is 9.37. The first kappa shape index (κ1) is 15.0. The predicted molar refractivity (Wildman–Crippen MR) is 88.4 cm³/mol. The van der Waals surface area contributed by atoms with Crippen LogP contribution in [0.25, 0.3) is 16.7 Å². The van der Waals surface area contributed by atoms with Gasteiger partial charge in [0.25, 0.3) is 0 Å². The first-order valence-corrected chi connectivity index (χ1v) is 7.30. The number of fused-ring (bicyclic) bond motifs is 1. The largest absolute Gasteiger partial charge is 0.358 e. The minimum Gasteiger partial charge on any atom is -0.358 e. The third kappa shape index (κ3) is 2.85. The molecule has 2 aromatic heterocycles. The summed E-state index contributed by atoms with van der Waals surface area (Å²) >= 11 is 0. The minimum absolute atomic E-state index is 0.0211. The van der Waals surface area contributed by atoms with Crippen LogP contribution < -0.4 is 5.32 Å². The Bertz CT molecular complexity index is 827. The summed E-state index contributed by atoms with van der Waals surface area (Å²) in [7, 11) is 3.45. The van der Waals surface area contributed by atoms with Crippen LogP contribution in [0.2, 0.25) is 0 Å². The van der Waals surface area contributed by atoms with Crippen molar-refractivity contribution in [3.8, 4) is 5.69 Å². The quantitative estimate of drug-likeness (QED) is 0.794. The van der Waals surface area contributed by atoms with E-state index in [9.17, 15) is 4.79 Å². The summed E-state index contributed by atoms with van der Waals surface area (Å²) in [6.07, 6.45) is 3.18. The molecule has 1 aromatic carbocycles. The lowest BCUT2D eigenvalue weighted by Gasteiger charge is -2.18. The lowest BCUT2D eigenvalue weighted by atomic mass is 10.3. The van der Waals surface area contributed by atoms with Gasteiger partial charge in [-0.15, -0.1) is 0 Å². The first-order chi connectivity index (χ1) is 11.1. The van der Waals surface area contributed by atoms with Crippen LogP contribution in [-0.4, -0.2) is 50.7 Å². The molecule has 0 aliphatic rings. The zero-order valence-corrected chi connectivity index (χ0v) is 13.3. The number of para-hydroxylation sites is 1. The number of likely N-dealkylation sites (N-methyl/N-ethyl adjacent to an activating group) is 1. The molecule has 7 nitrogen and oxygen atoms in total. The number of benzene rings is 1. The summed E-state index contributed by atoms with van der Waals surface area (Å²) in [4.78, 5) is 22.1. The van der Waals surface area contributed by atoms with Gasteiger partial charge in [0.2, 0.25) is 5.91 Å². The SMILES string of the molecule is CC(Nc1ncnc2c1cnn2-c1ccccc1)C(=O)N(C)C. The summed E-state index contributed by atoms with van der Waals surface area (Å²) in [5.41, 5.74) is 1.61.